The zero-order valence-corrected chi connectivity index (χ0v) is 21.1. The highest BCUT2D eigenvalue weighted by Crippen LogP contribution is 2.33. The lowest BCUT2D eigenvalue weighted by atomic mass is 10.2. The minimum absolute atomic E-state index is 0.0197. The number of nitrogens with zero attached hydrogens (tertiary/aromatic N) is 4. The van der Waals surface area contributed by atoms with Gasteiger partial charge < -0.3 is 9.64 Å². The number of aromatic nitrogens is 2. The Morgan fingerprint density at radius 2 is 1.85 bits per heavy atom. The summed E-state index contributed by atoms with van der Waals surface area (Å²) in [4.78, 5) is 36.8. The predicted molar refractivity (Wildman–Crippen MR) is 138 cm³/mol. The molecule has 1 atom stereocenters. The Bertz CT molecular complexity index is 1200. The van der Waals surface area contributed by atoms with Gasteiger partial charge in [-0.1, -0.05) is 42.1 Å². The first kappa shape index (κ1) is 23.5. The van der Waals surface area contributed by atoms with Crippen LogP contribution in [0.5, 0.6) is 0 Å². The molecule has 1 unspecified atom stereocenters. The zero-order valence-electron chi connectivity index (χ0n) is 19.4. The molecule has 0 saturated carbocycles. The number of rotatable bonds is 7. The number of morpholine rings is 1. The van der Waals surface area contributed by atoms with Gasteiger partial charge in [0, 0.05) is 44.1 Å². The maximum absolute atomic E-state index is 13.7. The molecule has 0 spiro atoms. The van der Waals surface area contributed by atoms with Gasteiger partial charge in [-0.15, -0.1) is 11.3 Å². The fourth-order valence-corrected chi connectivity index (χ4v) is 6.56. The molecular weight excluding hydrogens is 468 g/mol. The van der Waals surface area contributed by atoms with Crippen molar-refractivity contribution in [2.75, 3.05) is 45.9 Å². The van der Waals surface area contributed by atoms with Crippen LogP contribution in [0.3, 0.4) is 0 Å². The maximum Gasteiger partial charge on any atom is 0.272 e. The van der Waals surface area contributed by atoms with Crippen LogP contribution in [-0.2, 0) is 16.1 Å². The number of hydrogen-bond donors (Lipinski definition) is 0. The second kappa shape index (κ2) is 10.6. The standard InChI is InChI=1S/C25H30N4O3S2/c1-18(23(30)28-9-5-6-10-28)33-25-26-20-17-21(19-7-3-2-4-8-19)34-22(20)24(31)29(25)12-11-27-13-15-32-16-14-27/h2-4,7-8,17-18H,5-6,9-16H2,1H3. The summed E-state index contributed by atoms with van der Waals surface area (Å²) in [6.45, 7) is 8.07. The van der Waals surface area contributed by atoms with E-state index in [2.05, 4.69) is 4.90 Å². The number of ether oxygens (including phenoxy) is 1. The summed E-state index contributed by atoms with van der Waals surface area (Å²) in [7, 11) is 0. The van der Waals surface area contributed by atoms with E-state index in [0.717, 1.165) is 69.2 Å². The van der Waals surface area contributed by atoms with Crippen LogP contribution >= 0.6 is 23.1 Å². The Balaban J connectivity index is 1.47. The van der Waals surface area contributed by atoms with Crippen molar-refractivity contribution < 1.29 is 9.53 Å². The number of amides is 1. The van der Waals surface area contributed by atoms with Gasteiger partial charge in [0.05, 0.1) is 24.0 Å². The van der Waals surface area contributed by atoms with Gasteiger partial charge >= 0.3 is 0 Å². The quantitative estimate of drug-likeness (QED) is 0.367. The lowest BCUT2D eigenvalue weighted by molar-refractivity contribution is -0.129. The van der Waals surface area contributed by atoms with Crippen LogP contribution in [-0.4, -0.2) is 76.4 Å². The van der Waals surface area contributed by atoms with Gasteiger partial charge in [0.1, 0.15) is 4.70 Å². The molecule has 9 heteroatoms. The molecule has 0 aliphatic carbocycles. The Kier molecular flexibility index (Phi) is 7.34. The summed E-state index contributed by atoms with van der Waals surface area (Å²) in [5, 5.41) is 0.340. The first-order chi connectivity index (χ1) is 16.6. The minimum Gasteiger partial charge on any atom is -0.379 e. The molecule has 2 aliphatic rings. The number of fused-ring (bicyclic) bond motifs is 1. The van der Waals surface area contributed by atoms with Crippen LogP contribution in [0.4, 0.5) is 0 Å². The lowest BCUT2D eigenvalue weighted by Gasteiger charge is -2.27. The highest BCUT2D eigenvalue weighted by molar-refractivity contribution is 8.00. The third-order valence-corrected chi connectivity index (χ3v) is 8.69. The molecule has 0 bridgehead atoms. The predicted octanol–water partition coefficient (Wildman–Crippen LogP) is 3.56. The molecular formula is C25H30N4O3S2. The van der Waals surface area contributed by atoms with E-state index in [0.29, 0.717) is 21.9 Å². The maximum atomic E-state index is 13.7. The average Bonchev–Trinajstić information content (AvgIpc) is 3.55. The molecule has 2 aromatic heterocycles. The summed E-state index contributed by atoms with van der Waals surface area (Å²) < 4.78 is 7.91. The Morgan fingerprint density at radius 1 is 1.12 bits per heavy atom. The molecule has 34 heavy (non-hydrogen) atoms. The van der Waals surface area contributed by atoms with Gasteiger partial charge in [-0.25, -0.2) is 4.98 Å². The van der Waals surface area contributed by atoms with Crippen LogP contribution in [0.1, 0.15) is 19.8 Å². The summed E-state index contributed by atoms with van der Waals surface area (Å²) in [5.41, 5.74) is 1.77. The van der Waals surface area contributed by atoms with Crippen molar-refractivity contribution in [2.24, 2.45) is 0 Å². The van der Waals surface area contributed by atoms with Crippen molar-refractivity contribution in [2.45, 2.75) is 36.7 Å². The molecule has 5 rings (SSSR count). The molecule has 3 aromatic rings. The number of benzene rings is 1. The van der Waals surface area contributed by atoms with Crippen LogP contribution in [0, 0.1) is 0 Å². The summed E-state index contributed by atoms with van der Waals surface area (Å²) in [6, 6.07) is 12.1. The highest BCUT2D eigenvalue weighted by atomic mass is 32.2. The van der Waals surface area contributed by atoms with Crippen molar-refractivity contribution in [3.8, 4) is 10.4 Å². The van der Waals surface area contributed by atoms with Crippen molar-refractivity contribution in [1.29, 1.82) is 0 Å². The average molecular weight is 499 g/mol. The Hall–Kier alpha value is -2.20. The third kappa shape index (κ3) is 5.07. The first-order valence-electron chi connectivity index (χ1n) is 12.0. The van der Waals surface area contributed by atoms with Crippen LogP contribution < -0.4 is 5.56 Å². The fourth-order valence-electron chi connectivity index (χ4n) is 4.49. The van der Waals surface area contributed by atoms with Gasteiger partial charge in [0.25, 0.3) is 5.56 Å². The normalized spacial score (nSPS) is 18.0. The molecule has 180 valence electrons. The number of carbonyl (C=O) groups excluding carboxylic acids is 1. The van der Waals surface area contributed by atoms with Gasteiger partial charge in [0.2, 0.25) is 5.91 Å². The van der Waals surface area contributed by atoms with Crippen molar-refractivity contribution in [1.82, 2.24) is 19.4 Å². The molecule has 2 aliphatic heterocycles. The summed E-state index contributed by atoms with van der Waals surface area (Å²) >= 11 is 2.90. The van der Waals surface area contributed by atoms with Crippen LogP contribution in [0.25, 0.3) is 20.7 Å². The van der Waals surface area contributed by atoms with Crippen molar-refractivity contribution >= 4 is 39.2 Å². The second-order valence-electron chi connectivity index (χ2n) is 8.79. The van der Waals surface area contributed by atoms with Crippen LogP contribution in [0.2, 0.25) is 0 Å². The molecule has 1 amide bonds. The smallest absolute Gasteiger partial charge is 0.272 e. The summed E-state index contributed by atoms with van der Waals surface area (Å²) in [6.07, 6.45) is 2.13. The summed E-state index contributed by atoms with van der Waals surface area (Å²) in [5.74, 6) is 0.131. The molecule has 7 nitrogen and oxygen atoms in total. The number of thioether (sulfide) groups is 1. The van der Waals surface area contributed by atoms with E-state index in [-0.39, 0.29) is 16.7 Å². The molecule has 0 radical (unpaired) electrons. The fraction of sp³-hybridized carbons (Fsp3) is 0.480. The van der Waals surface area contributed by atoms with E-state index in [1.165, 1.54) is 23.1 Å². The van der Waals surface area contributed by atoms with Crippen molar-refractivity contribution in [3.63, 3.8) is 0 Å². The van der Waals surface area contributed by atoms with E-state index < -0.39 is 0 Å². The molecule has 0 N–H and O–H groups in total. The highest BCUT2D eigenvalue weighted by Gasteiger charge is 2.26. The van der Waals surface area contributed by atoms with E-state index >= 15 is 0 Å². The van der Waals surface area contributed by atoms with E-state index in [1.54, 1.807) is 4.57 Å². The van der Waals surface area contributed by atoms with Crippen LogP contribution in [0.15, 0.2) is 46.3 Å². The molecule has 2 fully saturated rings. The van der Waals surface area contributed by atoms with Gasteiger partial charge in [0.15, 0.2) is 5.16 Å². The molecule has 1 aromatic carbocycles. The Morgan fingerprint density at radius 3 is 2.59 bits per heavy atom. The van der Waals surface area contributed by atoms with Gasteiger partial charge in [-0.05, 0) is 31.4 Å². The van der Waals surface area contributed by atoms with Gasteiger partial charge in [-0.3, -0.25) is 19.1 Å². The third-order valence-electron chi connectivity index (χ3n) is 6.45. The monoisotopic (exact) mass is 498 g/mol. The molecule has 4 heterocycles. The van der Waals surface area contributed by atoms with Gasteiger partial charge in [-0.2, -0.15) is 0 Å². The minimum atomic E-state index is -0.288. The number of likely N-dealkylation sites (tertiary alicyclic amines) is 1. The van der Waals surface area contributed by atoms with Crippen molar-refractivity contribution in [3.05, 3.63) is 46.8 Å². The molecule has 2 saturated heterocycles. The topological polar surface area (TPSA) is 67.7 Å². The van der Waals surface area contributed by atoms with E-state index in [9.17, 15) is 9.59 Å². The lowest BCUT2D eigenvalue weighted by Crippen LogP contribution is -2.39. The first-order valence-corrected chi connectivity index (χ1v) is 13.6. The number of hydrogen-bond acceptors (Lipinski definition) is 7. The largest absolute Gasteiger partial charge is 0.379 e. The number of thiophene rings is 1. The SMILES string of the molecule is CC(Sc1nc2cc(-c3ccccc3)sc2c(=O)n1CCN1CCOCC1)C(=O)N1CCCC1. The van der Waals surface area contributed by atoms with E-state index in [1.807, 2.05) is 48.2 Å². The Labute approximate surface area is 207 Å². The second-order valence-corrected chi connectivity index (χ2v) is 11.1. The zero-order chi connectivity index (χ0) is 23.5. The number of carbonyl (C=O) groups is 1. The van der Waals surface area contributed by atoms with E-state index in [4.69, 9.17) is 9.72 Å².